The maximum absolute atomic E-state index is 10.0. The normalized spacial score (nSPS) is 17.8. The monoisotopic (exact) mass is 156 g/mol. The Morgan fingerprint density at radius 1 is 1.80 bits per heavy atom. The van der Waals surface area contributed by atoms with Crippen molar-refractivity contribution in [2.45, 2.75) is 6.42 Å². The molecule has 1 rings (SSSR count). The molecule has 1 heterocycles. The quantitative estimate of drug-likeness (QED) is 0.618. The summed E-state index contributed by atoms with van der Waals surface area (Å²) in [4.78, 5) is 11.1. The molecule has 0 amide bonds. The predicted molar refractivity (Wildman–Crippen MR) is 41.9 cm³/mol. The van der Waals surface area contributed by atoms with Gasteiger partial charge in [-0.25, -0.2) is 4.79 Å². The van der Waals surface area contributed by atoms with E-state index in [0.717, 1.165) is 17.1 Å². The van der Waals surface area contributed by atoms with Crippen molar-refractivity contribution in [3.63, 3.8) is 0 Å². The Kier molecular flexibility index (Phi) is 2.57. The Labute approximate surface area is 63.6 Å². The van der Waals surface area contributed by atoms with E-state index in [2.05, 4.69) is 0 Å². The smallest absolute Gasteiger partial charge is 0.328 e. The number of carbonyl (C=O) groups is 1. The summed E-state index contributed by atoms with van der Waals surface area (Å²) in [7, 11) is 0. The van der Waals surface area contributed by atoms with Crippen LogP contribution in [0.1, 0.15) is 6.42 Å². The lowest BCUT2D eigenvalue weighted by molar-refractivity contribution is -0.131. The number of aliphatic carboxylic acids is 1. The van der Waals surface area contributed by atoms with Crippen LogP contribution in [0.25, 0.3) is 0 Å². The summed E-state index contributed by atoms with van der Waals surface area (Å²) >= 11 is 1.70. The van der Waals surface area contributed by atoms with Crippen LogP contribution in [0.3, 0.4) is 0 Å². The molecule has 0 saturated heterocycles. The molecule has 0 aromatic carbocycles. The maximum Gasteiger partial charge on any atom is 0.328 e. The van der Waals surface area contributed by atoms with Gasteiger partial charge >= 0.3 is 5.97 Å². The minimum absolute atomic E-state index is 0.881. The second-order valence-electron chi connectivity index (χ2n) is 1.92. The molecule has 0 unspecified atom stereocenters. The van der Waals surface area contributed by atoms with Gasteiger partial charge in [-0.3, -0.25) is 0 Å². The highest BCUT2D eigenvalue weighted by molar-refractivity contribution is 8.03. The second kappa shape index (κ2) is 3.46. The Bertz CT molecular complexity index is 194. The third-order valence-electron chi connectivity index (χ3n) is 1.12. The SMILES string of the molecule is O=C(O)C=CC1=CCCS1. The van der Waals surface area contributed by atoms with Gasteiger partial charge in [0.15, 0.2) is 0 Å². The Hall–Kier alpha value is -0.700. The lowest BCUT2D eigenvalue weighted by Crippen LogP contribution is -1.85. The molecule has 0 aromatic heterocycles. The van der Waals surface area contributed by atoms with E-state index in [9.17, 15) is 4.79 Å². The van der Waals surface area contributed by atoms with Gasteiger partial charge in [0.1, 0.15) is 0 Å². The summed E-state index contributed by atoms with van der Waals surface area (Å²) < 4.78 is 0. The van der Waals surface area contributed by atoms with E-state index < -0.39 is 5.97 Å². The zero-order chi connectivity index (χ0) is 7.40. The zero-order valence-electron chi connectivity index (χ0n) is 5.41. The zero-order valence-corrected chi connectivity index (χ0v) is 6.23. The number of allylic oxidation sites excluding steroid dienone is 2. The summed E-state index contributed by atoms with van der Waals surface area (Å²) in [5.41, 5.74) is 0. The molecule has 0 aliphatic carbocycles. The molecule has 3 heteroatoms. The van der Waals surface area contributed by atoms with Crippen LogP contribution in [-0.2, 0) is 4.79 Å². The molecule has 0 fully saturated rings. The van der Waals surface area contributed by atoms with E-state index >= 15 is 0 Å². The molecule has 54 valence electrons. The number of thioether (sulfide) groups is 1. The van der Waals surface area contributed by atoms with Crippen LogP contribution in [0.5, 0.6) is 0 Å². The molecule has 2 nitrogen and oxygen atoms in total. The predicted octanol–water partition coefficient (Wildman–Crippen LogP) is 1.65. The molecule has 1 N–H and O–H groups in total. The van der Waals surface area contributed by atoms with Gasteiger partial charge in [-0.15, -0.1) is 11.8 Å². The number of hydrogen-bond acceptors (Lipinski definition) is 2. The summed E-state index contributed by atoms with van der Waals surface area (Å²) in [6, 6.07) is 0. The fraction of sp³-hybridized carbons (Fsp3) is 0.286. The van der Waals surface area contributed by atoms with Gasteiger partial charge in [-0.1, -0.05) is 6.08 Å². The second-order valence-corrected chi connectivity index (χ2v) is 3.08. The largest absolute Gasteiger partial charge is 0.478 e. The number of hydrogen-bond donors (Lipinski definition) is 1. The molecule has 0 radical (unpaired) electrons. The summed E-state index contributed by atoms with van der Waals surface area (Å²) in [5.74, 6) is 0.202. The highest BCUT2D eigenvalue weighted by Crippen LogP contribution is 2.25. The van der Waals surface area contributed by atoms with Crippen LogP contribution in [0.4, 0.5) is 0 Å². The van der Waals surface area contributed by atoms with Crippen LogP contribution in [-0.4, -0.2) is 16.8 Å². The van der Waals surface area contributed by atoms with Crippen molar-refractivity contribution < 1.29 is 9.90 Å². The number of carboxylic acids is 1. The first-order chi connectivity index (χ1) is 4.79. The Morgan fingerprint density at radius 3 is 3.10 bits per heavy atom. The van der Waals surface area contributed by atoms with E-state index in [1.165, 1.54) is 6.08 Å². The highest BCUT2D eigenvalue weighted by atomic mass is 32.2. The first-order valence-corrected chi connectivity index (χ1v) is 4.01. The fourth-order valence-corrected chi connectivity index (χ4v) is 1.58. The third kappa shape index (κ3) is 2.27. The van der Waals surface area contributed by atoms with Crippen molar-refractivity contribution in [1.29, 1.82) is 0 Å². The molecule has 0 atom stereocenters. The van der Waals surface area contributed by atoms with Crippen LogP contribution < -0.4 is 0 Å². The van der Waals surface area contributed by atoms with Crippen molar-refractivity contribution in [1.82, 2.24) is 0 Å². The first-order valence-electron chi connectivity index (χ1n) is 3.03. The van der Waals surface area contributed by atoms with Crippen molar-refractivity contribution in [3.05, 3.63) is 23.1 Å². The molecule has 0 bridgehead atoms. The van der Waals surface area contributed by atoms with Crippen LogP contribution in [0, 0.1) is 0 Å². The van der Waals surface area contributed by atoms with Gasteiger partial charge in [0.2, 0.25) is 0 Å². The summed E-state index contributed by atoms with van der Waals surface area (Å²) in [5, 5.41) is 8.25. The summed E-state index contributed by atoms with van der Waals surface area (Å²) in [6.07, 6.45) is 5.91. The van der Waals surface area contributed by atoms with Gasteiger partial charge in [-0.05, 0) is 12.5 Å². The Morgan fingerprint density at radius 2 is 2.60 bits per heavy atom. The topological polar surface area (TPSA) is 37.3 Å². The van der Waals surface area contributed by atoms with Crippen molar-refractivity contribution in [2.75, 3.05) is 5.75 Å². The summed E-state index contributed by atoms with van der Waals surface area (Å²) in [6.45, 7) is 0. The maximum atomic E-state index is 10.0. The molecule has 0 aromatic rings. The Balaban J connectivity index is 2.44. The first kappa shape index (κ1) is 7.41. The van der Waals surface area contributed by atoms with Crippen molar-refractivity contribution in [2.24, 2.45) is 0 Å². The van der Waals surface area contributed by atoms with Crippen LogP contribution in [0.15, 0.2) is 23.1 Å². The van der Waals surface area contributed by atoms with Crippen LogP contribution >= 0.6 is 11.8 Å². The van der Waals surface area contributed by atoms with Gasteiger partial charge in [0.25, 0.3) is 0 Å². The van der Waals surface area contributed by atoms with Gasteiger partial charge < -0.3 is 5.11 Å². The number of carboxylic acid groups (broad SMARTS) is 1. The molecule has 0 saturated carbocycles. The lowest BCUT2D eigenvalue weighted by Gasteiger charge is -1.86. The average Bonchev–Trinajstić information content (AvgIpc) is 2.34. The molecule has 0 spiro atoms. The molecular weight excluding hydrogens is 148 g/mol. The molecule has 10 heavy (non-hydrogen) atoms. The van der Waals surface area contributed by atoms with Crippen LogP contribution in [0.2, 0.25) is 0 Å². The van der Waals surface area contributed by atoms with Crippen molar-refractivity contribution >= 4 is 17.7 Å². The third-order valence-corrected chi connectivity index (χ3v) is 2.20. The lowest BCUT2D eigenvalue weighted by atomic mass is 10.4. The van der Waals surface area contributed by atoms with Crippen molar-refractivity contribution in [3.8, 4) is 0 Å². The fourth-order valence-electron chi connectivity index (χ4n) is 0.706. The van der Waals surface area contributed by atoms with Gasteiger partial charge in [0, 0.05) is 16.7 Å². The van der Waals surface area contributed by atoms with E-state index in [4.69, 9.17) is 5.11 Å². The van der Waals surface area contributed by atoms with E-state index in [0.29, 0.717) is 0 Å². The minimum Gasteiger partial charge on any atom is -0.478 e. The van der Waals surface area contributed by atoms with E-state index in [1.807, 2.05) is 6.08 Å². The molecular formula is C7H8O2S. The minimum atomic E-state index is -0.881. The number of rotatable bonds is 2. The van der Waals surface area contributed by atoms with Gasteiger partial charge in [0.05, 0.1) is 0 Å². The standard InChI is InChI=1S/C7H8O2S/c8-7(9)4-3-6-2-1-5-10-6/h2-4H,1,5H2,(H,8,9). The van der Waals surface area contributed by atoms with E-state index in [1.54, 1.807) is 17.8 Å². The average molecular weight is 156 g/mol. The van der Waals surface area contributed by atoms with E-state index in [-0.39, 0.29) is 0 Å². The molecule has 1 aliphatic rings. The van der Waals surface area contributed by atoms with Gasteiger partial charge in [-0.2, -0.15) is 0 Å². The highest BCUT2D eigenvalue weighted by Gasteiger charge is 2.00. The molecule has 1 aliphatic heterocycles.